The Hall–Kier alpha value is -0.350. The van der Waals surface area contributed by atoms with Crippen molar-refractivity contribution in [3.05, 3.63) is 16.9 Å². The van der Waals surface area contributed by atoms with E-state index in [-0.39, 0.29) is 5.95 Å². The van der Waals surface area contributed by atoms with E-state index in [1.165, 1.54) is 0 Å². The van der Waals surface area contributed by atoms with Gasteiger partial charge >= 0.3 is 0 Å². The van der Waals surface area contributed by atoms with Crippen LogP contribution in [0, 0.1) is 0 Å². The van der Waals surface area contributed by atoms with Crippen LogP contribution >= 0.6 is 27.5 Å². The molecule has 0 atom stereocenters. The van der Waals surface area contributed by atoms with Crippen LogP contribution in [0.3, 0.4) is 0 Å². The highest BCUT2D eigenvalue weighted by atomic mass is 79.9. The van der Waals surface area contributed by atoms with Crippen LogP contribution in [0.1, 0.15) is 5.69 Å². The number of nitrogens with zero attached hydrogens (tertiary/aromatic N) is 2. The number of alkyl halides is 1. The van der Waals surface area contributed by atoms with Crippen molar-refractivity contribution >= 4 is 33.5 Å². The Kier molecular flexibility index (Phi) is 2.45. The van der Waals surface area contributed by atoms with Crippen LogP contribution in [0.15, 0.2) is 6.07 Å². The van der Waals surface area contributed by atoms with Gasteiger partial charge in [0.2, 0.25) is 5.95 Å². The summed E-state index contributed by atoms with van der Waals surface area (Å²) in [4.78, 5) is 7.58. The highest BCUT2D eigenvalue weighted by Crippen LogP contribution is 2.10. The summed E-state index contributed by atoms with van der Waals surface area (Å²) in [6.07, 6.45) is 0. The van der Waals surface area contributed by atoms with Gasteiger partial charge in [0.25, 0.3) is 0 Å². The molecule has 0 fully saturated rings. The molecule has 0 amide bonds. The molecule has 3 nitrogen and oxygen atoms in total. The molecule has 0 spiro atoms. The van der Waals surface area contributed by atoms with Crippen molar-refractivity contribution in [1.82, 2.24) is 9.97 Å². The fourth-order valence-electron chi connectivity index (χ4n) is 0.552. The Labute approximate surface area is 71.7 Å². The van der Waals surface area contributed by atoms with E-state index in [4.69, 9.17) is 17.3 Å². The van der Waals surface area contributed by atoms with E-state index < -0.39 is 0 Å². The van der Waals surface area contributed by atoms with Gasteiger partial charge in [-0.2, -0.15) is 0 Å². The van der Waals surface area contributed by atoms with Crippen LogP contribution in [0.5, 0.6) is 0 Å². The first kappa shape index (κ1) is 7.75. The van der Waals surface area contributed by atoms with Gasteiger partial charge < -0.3 is 5.73 Å². The molecule has 5 heteroatoms. The number of rotatable bonds is 1. The topological polar surface area (TPSA) is 51.8 Å². The molecule has 54 valence electrons. The summed E-state index contributed by atoms with van der Waals surface area (Å²) in [6, 6.07) is 1.66. The van der Waals surface area contributed by atoms with Gasteiger partial charge in [0.1, 0.15) is 5.15 Å². The van der Waals surface area contributed by atoms with Crippen molar-refractivity contribution in [3.8, 4) is 0 Å². The predicted octanol–water partition coefficient (Wildman–Crippen LogP) is 1.61. The summed E-state index contributed by atoms with van der Waals surface area (Å²) in [5.74, 6) is 0.210. The zero-order chi connectivity index (χ0) is 7.56. The highest BCUT2D eigenvalue weighted by molar-refractivity contribution is 9.08. The number of aromatic nitrogens is 2. The molecule has 1 rings (SSSR count). The number of anilines is 1. The van der Waals surface area contributed by atoms with Crippen molar-refractivity contribution in [2.24, 2.45) is 0 Å². The average Bonchev–Trinajstić information content (AvgIpc) is 1.85. The van der Waals surface area contributed by atoms with Crippen molar-refractivity contribution in [2.45, 2.75) is 5.33 Å². The van der Waals surface area contributed by atoms with E-state index in [2.05, 4.69) is 25.9 Å². The maximum atomic E-state index is 5.58. The zero-order valence-corrected chi connectivity index (χ0v) is 7.35. The normalized spacial score (nSPS) is 9.80. The monoisotopic (exact) mass is 221 g/mol. The molecule has 0 saturated heterocycles. The standard InChI is InChI=1S/C5H5BrClN3/c6-2-3-1-4(7)10-5(8)9-3/h1H,2H2,(H2,8,9,10). The lowest BCUT2D eigenvalue weighted by atomic mass is 10.5. The molecule has 0 aromatic carbocycles. The van der Waals surface area contributed by atoms with E-state index in [1.54, 1.807) is 6.07 Å². The quantitative estimate of drug-likeness (QED) is 0.580. The van der Waals surface area contributed by atoms with Crippen molar-refractivity contribution < 1.29 is 0 Å². The third-order valence-corrected chi connectivity index (χ3v) is 1.67. The zero-order valence-electron chi connectivity index (χ0n) is 5.01. The molecule has 0 aliphatic carbocycles. The summed E-state index contributed by atoms with van der Waals surface area (Å²) < 4.78 is 0. The second-order valence-corrected chi connectivity index (χ2v) is 2.62. The number of hydrogen-bond acceptors (Lipinski definition) is 3. The Balaban J connectivity index is 3.06. The molecule has 1 aromatic rings. The molecular formula is C5H5BrClN3. The summed E-state index contributed by atoms with van der Waals surface area (Å²) >= 11 is 8.80. The van der Waals surface area contributed by atoms with Crippen LogP contribution < -0.4 is 5.73 Å². The lowest BCUT2D eigenvalue weighted by Gasteiger charge is -1.95. The van der Waals surface area contributed by atoms with Crippen LogP contribution in [0.25, 0.3) is 0 Å². The molecule has 0 aliphatic rings. The lowest BCUT2D eigenvalue weighted by molar-refractivity contribution is 1.11. The largest absolute Gasteiger partial charge is 0.368 e. The second kappa shape index (κ2) is 3.16. The Morgan fingerprint density at radius 3 is 2.80 bits per heavy atom. The molecule has 0 bridgehead atoms. The predicted molar refractivity (Wildman–Crippen MR) is 44.1 cm³/mol. The first-order valence-corrected chi connectivity index (χ1v) is 4.07. The minimum atomic E-state index is 0.210. The van der Waals surface area contributed by atoms with Crippen LogP contribution in [0.2, 0.25) is 5.15 Å². The van der Waals surface area contributed by atoms with Gasteiger partial charge in [0.15, 0.2) is 0 Å². The number of halogens is 2. The lowest BCUT2D eigenvalue weighted by Crippen LogP contribution is -1.97. The molecule has 10 heavy (non-hydrogen) atoms. The highest BCUT2D eigenvalue weighted by Gasteiger charge is 1.96. The van der Waals surface area contributed by atoms with Crippen molar-refractivity contribution in [2.75, 3.05) is 5.73 Å². The fraction of sp³-hybridized carbons (Fsp3) is 0.200. The second-order valence-electron chi connectivity index (χ2n) is 1.67. The van der Waals surface area contributed by atoms with Gasteiger partial charge in [-0.1, -0.05) is 27.5 Å². The number of nitrogen functional groups attached to an aromatic ring is 1. The Morgan fingerprint density at radius 2 is 2.30 bits per heavy atom. The van der Waals surface area contributed by atoms with Gasteiger partial charge in [-0.25, -0.2) is 9.97 Å². The van der Waals surface area contributed by atoms with Gasteiger partial charge in [-0.15, -0.1) is 0 Å². The van der Waals surface area contributed by atoms with E-state index >= 15 is 0 Å². The molecule has 0 radical (unpaired) electrons. The summed E-state index contributed by atoms with van der Waals surface area (Å²) in [7, 11) is 0. The Morgan fingerprint density at radius 1 is 1.60 bits per heavy atom. The van der Waals surface area contributed by atoms with Crippen LogP contribution in [-0.2, 0) is 5.33 Å². The SMILES string of the molecule is Nc1nc(Cl)cc(CBr)n1. The van der Waals surface area contributed by atoms with Crippen molar-refractivity contribution in [3.63, 3.8) is 0 Å². The first-order chi connectivity index (χ1) is 4.72. The fourth-order valence-corrected chi connectivity index (χ4v) is 1.05. The van der Waals surface area contributed by atoms with Crippen LogP contribution in [-0.4, -0.2) is 9.97 Å². The summed E-state index contributed by atoms with van der Waals surface area (Å²) in [5, 5.41) is 1.02. The molecule has 0 unspecified atom stereocenters. The summed E-state index contributed by atoms with van der Waals surface area (Å²) in [5.41, 5.74) is 6.10. The minimum Gasteiger partial charge on any atom is -0.368 e. The molecule has 0 saturated carbocycles. The van der Waals surface area contributed by atoms with E-state index in [0.717, 1.165) is 5.69 Å². The third-order valence-electron chi connectivity index (χ3n) is 0.902. The molecule has 2 N–H and O–H groups in total. The third kappa shape index (κ3) is 1.82. The minimum absolute atomic E-state index is 0.210. The van der Waals surface area contributed by atoms with Gasteiger partial charge in [0, 0.05) is 5.33 Å². The maximum Gasteiger partial charge on any atom is 0.221 e. The molecular weight excluding hydrogens is 217 g/mol. The van der Waals surface area contributed by atoms with E-state index in [0.29, 0.717) is 10.5 Å². The van der Waals surface area contributed by atoms with Crippen molar-refractivity contribution in [1.29, 1.82) is 0 Å². The van der Waals surface area contributed by atoms with Gasteiger partial charge in [-0.3, -0.25) is 0 Å². The molecule has 1 heterocycles. The molecule has 0 aliphatic heterocycles. The number of nitrogens with two attached hydrogens (primary N) is 1. The Bertz CT molecular complexity index is 220. The van der Waals surface area contributed by atoms with Gasteiger partial charge in [0.05, 0.1) is 5.69 Å². The number of hydrogen-bond donors (Lipinski definition) is 1. The van der Waals surface area contributed by atoms with E-state index in [1.807, 2.05) is 0 Å². The maximum absolute atomic E-state index is 5.58. The first-order valence-electron chi connectivity index (χ1n) is 2.57. The smallest absolute Gasteiger partial charge is 0.221 e. The summed E-state index contributed by atoms with van der Waals surface area (Å²) in [6.45, 7) is 0. The van der Waals surface area contributed by atoms with E-state index in [9.17, 15) is 0 Å². The van der Waals surface area contributed by atoms with Crippen LogP contribution in [0.4, 0.5) is 5.95 Å². The average molecular weight is 222 g/mol. The van der Waals surface area contributed by atoms with Gasteiger partial charge in [-0.05, 0) is 6.07 Å². The molecule has 1 aromatic heterocycles.